The Morgan fingerprint density at radius 2 is 1.46 bits per heavy atom. The number of benzene rings is 2. The number of sulfonamides is 1. The number of hydrogen-bond acceptors (Lipinski definition) is 5. The van der Waals surface area contributed by atoms with Gasteiger partial charge in [-0.2, -0.15) is 0 Å². The monoisotopic (exact) mass is 405 g/mol. The molecule has 0 bridgehead atoms. The molecule has 28 heavy (non-hydrogen) atoms. The molecule has 0 aliphatic heterocycles. The molecule has 2 N–H and O–H groups in total. The molecule has 2 rings (SSSR count). The van der Waals surface area contributed by atoms with E-state index in [1.165, 1.54) is 14.0 Å². The zero-order valence-corrected chi connectivity index (χ0v) is 16.9. The van der Waals surface area contributed by atoms with Crippen molar-refractivity contribution in [3.05, 3.63) is 48.5 Å². The number of ether oxygens (including phenoxy) is 1. The summed E-state index contributed by atoms with van der Waals surface area (Å²) in [5, 5.41) is 5.37. The second-order valence-electron chi connectivity index (χ2n) is 6.23. The lowest BCUT2D eigenvalue weighted by atomic mass is 10.2. The van der Waals surface area contributed by atoms with Crippen molar-refractivity contribution in [2.24, 2.45) is 0 Å². The predicted molar refractivity (Wildman–Crippen MR) is 109 cm³/mol. The first-order valence-electron chi connectivity index (χ1n) is 8.45. The first kappa shape index (κ1) is 21.2. The van der Waals surface area contributed by atoms with Crippen LogP contribution in [0, 0.1) is 0 Å². The molecule has 0 fully saturated rings. The highest BCUT2D eigenvalue weighted by atomic mass is 32.2. The zero-order valence-electron chi connectivity index (χ0n) is 16.1. The van der Waals surface area contributed by atoms with Gasteiger partial charge in [0.15, 0.2) is 6.10 Å². The van der Waals surface area contributed by atoms with Crippen LogP contribution in [0.5, 0.6) is 5.75 Å². The Morgan fingerprint density at radius 3 is 1.93 bits per heavy atom. The third-order valence-electron chi connectivity index (χ3n) is 3.85. The number of anilines is 3. The van der Waals surface area contributed by atoms with E-state index in [-0.39, 0.29) is 11.8 Å². The Bertz CT molecular complexity index is 941. The average molecular weight is 405 g/mol. The van der Waals surface area contributed by atoms with Crippen molar-refractivity contribution in [1.82, 2.24) is 0 Å². The molecule has 0 aliphatic rings. The van der Waals surface area contributed by atoms with Crippen molar-refractivity contribution in [3.63, 3.8) is 0 Å². The Kier molecular flexibility index (Phi) is 6.63. The Hall–Kier alpha value is -3.07. The van der Waals surface area contributed by atoms with Gasteiger partial charge >= 0.3 is 0 Å². The van der Waals surface area contributed by atoms with Gasteiger partial charge in [0.2, 0.25) is 15.9 Å². The van der Waals surface area contributed by atoms with E-state index >= 15 is 0 Å². The van der Waals surface area contributed by atoms with Gasteiger partial charge in [-0.3, -0.25) is 13.9 Å². The lowest BCUT2D eigenvalue weighted by Crippen LogP contribution is -2.30. The maximum Gasteiger partial charge on any atom is 0.265 e. The Morgan fingerprint density at radius 1 is 0.964 bits per heavy atom. The normalized spacial score (nSPS) is 12.0. The van der Waals surface area contributed by atoms with Gasteiger partial charge in [-0.15, -0.1) is 0 Å². The van der Waals surface area contributed by atoms with Gasteiger partial charge in [0.1, 0.15) is 5.75 Å². The van der Waals surface area contributed by atoms with E-state index in [0.29, 0.717) is 22.8 Å². The number of amides is 2. The van der Waals surface area contributed by atoms with Crippen molar-refractivity contribution in [1.29, 1.82) is 0 Å². The summed E-state index contributed by atoms with van der Waals surface area (Å²) >= 11 is 0. The van der Waals surface area contributed by atoms with Gasteiger partial charge in [0.25, 0.3) is 5.91 Å². The largest absolute Gasteiger partial charge is 0.481 e. The highest BCUT2D eigenvalue weighted by Crippen LogP contribution is 2.21. The molecule has 9 heteroatoms. The smallest absolute Gasteiger partial charge is 0.265 e. The fraction of sp³-hybridized carbons (Fsp3) is 0.263. The fourth-order valence-electron chi connectivity index (χ4n) is 2.27. The summed E-state index contributed by atoms with van der Waals surface area (Å²) in [6.45, 7) is 3.03. The molecular weight excluding hydrogens is 382 g/mol. The minimum atomic E-state index is -3.34. The number of nitrogens with one attached hydrogen (secondary N) is 2. The zero-order chi connectivity index (χ0) is 20.9. The third-order valence-corrected chi connectivity index (χ3v) is 5.06. The molecule has 150 valence electrons. The quantitative estimate of drug-likeness (QED) is 0.736. The van der Waals surface area contributed by atoms with Crippen LogP contribution in [0.4, 0.5) is 17.1 Å². The lowest BCUT2D eigenvalue weighted by Gasteiger charge is -2.18. The molecule has 0 heterocycles. The molecule has 2 aromatic carbocycles. The van der Waals surface area contributed by atoms with Gasteiger partial charge in [-0.05, 0) is 55.5 Å². The van der Waals surface area contributed by atoms with Crippen molar-refractivity contribution in [2.75, 3.05) is 28.2 Å². The maximum atomic E-state index is 12.3. The molecule has 0 spiro atoms. The molecule has 2 amide bonds. The third kappa shape index (κ3) is 5.98. The van der Waals surface area contributed by atoms with Gasteiger partial charge < -0.3 is 15.4 Å². The van der Waals surface area contributed by atoms with Crippen LogP contribution < -0.4 is 19.7 Å². The summed E-state index contributed by atoms with van der Waals surface area (Å²) in [7, 11) is -1.89. The predicted octanol–water partition coefficient (Wildman–Crippen LogP) is 2.45. The second-order valence-corrected chi connectivity index (χ2v) is 8.25. The van der Waals surface area contributed by atoms with Crippen LogP contribution in [0.2, 0.25) is 0 Å². The van der Waals surface area contributed by atoms with Crippen LogP contribution >= 0.6 is 0 Å². The standard InChI is InChI=1S/C19H23N3O5S/c1-13(19(24)21-16-7-5-15(6-8-16)20-14(2)23)27-18-11-9-17(10-12-18)22(3)28(4,25)26/h5-13H,1-4H3,(H,20,23)(H,21,24)/t13-/m1/s1. The summed E-state index contributed by atoms with van der Waals surface area (Å²) in [4.78, 5) is 23.3. The van der Waals surface area contributed by atoms with Crippen LogP contribution in [-0.2, 0) is 19.6 Å². The lowest BCUT2D eigenvalue weighted by molar-refractivity contribution is -0.122. The fourth-order valence-corrected chi connectivity index (χ4v) is 2.77. The minimum absolute atomic E-state index is 0.174. The van der Waals surface area contributed by atoms with Crippen LogP contribution in [0.25, 0.3) is 0 Å². The SMILES string of the molecule is CC(=O)Nc1ccc(NC(=O)[C@@H](C)Oc2ccc(N(C)S(C)(=O)=O)cc2)cc1. The molecule has 0 unspecified atom stereocenters. The molecule has 0 saturated carbocycles. The van der Waals surface area contributed by atoms with Crippen molar-refractivity contribution in [3.8, 4) is 5.75 Å². The van der Waals surface area contributed by atoms with Crippen LogP contribution in [0.3, 0.4) is 0 Å². The van der Waals surface area contributed by atoms with E-state index in [4.69, 9.17) is 4.74 Å². The van der Waals surface area contributed by atoms with Gasteiger partial charge in [0.05, 0.1) is 11.9 Å². The van der Waals surface area contributed by atoms with E-state index in [2.05, 4.69) is 10.6 Å². The molecular formula is C19H23N3O5S. The van der Waals surface area contributed by atoms with E-state index in [0.717, 1.165) is 10.6 Å². The maximum absolute atomic E-state index is 12.3. The molecule has 0 saturated heterocycles. The van der Waals surface area contributed by atoms with E-state index < -0.39 is 16.1 Å². The van der Waals surface area contributed by atoms with Gasteiger partial charge in [0, 0.05) is 25.3 Å². The first-order valence-corrected chi connectivity index (χ1v) is 10.3. The molecule has 8 nitrogen and oxygen atoms in total. The van der Waals surface area contributed by atoms with E-state index in [1.807, 2.05) is 0 Å². The second kappa shape index (κ2) is 8.75. The summed E-state index contributed by atoms with van der Waals surface area (Å²) < 4.78 is 29.9. The molecule has 0 aliphatic carbocycles. The molecule has 2 aromatic rings. The van der Waals surface area contributed by atoms with E-state index in [9.17, 15) is 18.0 Å². The molecule has 0 aromatic heterocycles. The number of hydrogen-bond donors (Lipinski definition) is 2. The minimum Gasteiger partial charge on any atom is -0.481 e. The Labute approximate surface area is 164 Å². The number of rotatable bonds is 7. The highest BCUT2D eigenvalue weighted by molar-refractivity contribution is 7.92. The summed E-state index contributed by atoms with van der Waals surface area (Å²) in [6, 6.07) is 13.1. The van der Waals surface area contributed by atoms with Crippen molar-refractivity contribution in [2.45, 2.75) is 20.0 Å². The topological polar surface area (TPSA) is 105 Å². The highest BCUT2D eigenvalue weighted by Gasteiger charge is 2.16. The first-order chi connectivity index (χ1) is 13.1. The summed E-state index contributed by atoms with van der Waals surface area (Å²) in [6.07, 6.45) is 0.348. The summed E-state index contributed by atoms with van der Waals surface area (Å²) in [5.41, 5.74) is 1.69. The number of carbonyl (C=O) groups is 2. The number of nitrogens with zero attached hydrogens (tertiary/aromatic N) is 1. The van der Waals surface area contributed by atoms with Crippen LogP contribution in [0.1, 0.15) is 13.8 Å². The summed E-state index contributed by atoms with van der Waals surface area (Å²) in [5.74, 6) is -0.0773. The van der Waals surface area contributed by atoms with Crippen LogP contribution in [-0.4, -0.2) is 39.6 Å². The van der Waals surface area contributed by atoms with Crippen LogP contribution in [0.15, 0.2) is 48.5 Å². The average Bonchev–Trinajstić information content (AvgIpc) is 2.62. The van der Waals surface area contributed by atoms with Gasteiger partial charge in [-0.1, -0.05) is 0 Å². The van der Waals surface area contributed by atoms with Crippen molar-refractivity contribution >= 4 is 38.9 Å². The molecule has 1 atom stereocenters. The number of carbonyl (C=O) groups excluding carboxylic acids is 2. The van der Waals surface area contributed by atoms with E-state index in [1.54, 1.807) is 55.5 Å². The molecule has 0 radical (unpaired) electrons. The van der Waals surface area contributed by atoms with Gasteiger partial charge in [-0.25, -0.2) is 8.42 Å². The Balaban J connectivity index is 1.95. The van der Waals surface area contributed by atoms with Crippen molar-refractivity contribution < 1.29 is 22.7 Å².